The maximum absolute atomic E-state index is 11.5. The van der Waals surface area contributed by atoms with Gasteiger partial charge in [-0.3, -0.25) is 9.59 Å². The quantitative estimate of drug-likeness (QED) is 0.517. The van der Waals surface area contributed by atoms with Gasteiger partial charge in [-0.05, 0) is 6.07 Å². The van der Waals surface area contributed by atoms with E-state index in [-0.39, 0.29) is 18.8 Å². The molecule has 0 radical (unpaired) electrons. The minimum Gasteiger partial charge on any atom is -0.349 e. The fourth-order valence-corrected chi connectivity index (χ4v) is 1.66. The topological polar surface area (TPSA) is 124 Å². The van der Waals surface area contributed by atoms with E-state index in [0.717, 1.165) is 4.31 Å². The summed E-state index contributed by atoms with van der Waals surface area (Å²) in [5.41, 5.74) is -0.356. The van der Waals surface area contributed by atoms with Crippen LogP contribution in [-0.4, -0.2) is 56.0 Å². The van der Waals surface area contributed by atoms with Gasteiger partial charge in [0.15, 0.2) is 0 Å². The molecule has 0 bridgehead atoms. The Morgan fingerprint density at radius 3 is 2.58 bits per heavy atom. The minimum atomic E-state index is -3.50. The first-order chi connectivity index (χ1) is 8.83. The van der Waals surface area contributed by atoms with E-state index in [4.69, 9.17) is 0 Å². The number of hydrogen-bond donors (Lipinski definition) is 3. The third-order valence-electron chi connectivity index (χ3n) is 2.09. The molecule has 19 heavy (non-hydrogen) atoms. The van der Waals surface area contributed by atoms with Crippen molar-refractivity contribution in [2.24, 2.45) is 0 Å². The van der Waals surface area contributed by atoms with Crippen molar-refractivity contribution in [2.75, 3.05) is 27.2 Å². The highest BCUT2D eigenvalue weighted by Crippen LogP contribution is 1.88. The van der Waals surface area contributed by atoms with E-state index >= 15 is 0 Å². The molecule has 3 N–H and O–H groups in total. The molecular formula is C9H15N5O4S. The third kappa shape index (κ3) is 4.77. The predicted octanol–water partition coefficient (Wildman–Crippen LogP) is -2.10. The summed E-state index contributed by atoms with van der Waals surface area (Å²) in [5.74, 6) is -0.500. The van der Waals surface area contributed by atoms with Gasteiger partial charge < -0.3 is 5.32 Å². The van der Waals surface area contributed by atoms with E-state index in [1.54, 1.807) is 0 Å². The van der Waals surface area contributed by atoms with Crippen molar-refractivity contribution in [1.82, 2.24) is 24.5 Å². The standard InChI is InChI=1S/C9H15N5O4S/c1-14(2)19(17,18)11-6-5-10-9(16)7-3-4-8(15)13-12-7/h3-4,11H,5-6H2,1-2H3,(H,10,16)(H,13,15). The Balaban J connectivity index is 2.40. The van der Waals surface area contributed by atoms with E-state index in [2.05, 4.69) is 20.2 Å². The SMILES string of the molecule is CN(C)S(=O)(=O)NCCNC(=O)c1ccc(=O)[nH]n1. The molecule has 10 heteroatoms. The molecule has 0 saturated heterocycles. The first-order valence-electron chi connectivity index (χ1n) is 5.34. The molecule has 0 aliphatic carbocycles. The lowest BCUT2D eigenvalue weighted by atomic mass is 10.3. The van der Waals surface area contributed by atoms with Crippen LogP contribution in [0.15, 0.2) is 16.9 Å². The normalized spacial score (nSPS) is 11.5. The minimum absolute atomic E-state index is 0.0510. The highest BCUT2D eigenvalue weighted by Gasteiger charge is 2.12. The fourth-order valence-electron chi connectivity index (χ4n) is 1.05. The summed E-state index contributed by atoms with van der Waals surface area (Å²) in [6.45, 7) is 0.155. The van der Waals surface area contributed by atoms with Gasteiger partial charge in [-0.2, -0.15) is 17.8 Å². The van der Waals surface area contributed by atoms with Crippen LogP contribution in [0.5, 0.6) is 0 Å². The Hall–Kier alpha value is -1.78. The molecule has 1 aromatic heterocycles. The van der Waals surface area contributed by atoms with E-state index in [1.165, 1.54) is 26.2 Å². The van der Waals surface area contributed by atoms with E-state index < -0.39 is 21.7 Å². The Kier molecular flexibility index (Phi) is 5.15. The Bertz CT molecular complexity index is 574. The van der Waals surface area contributed by atoms with Crippen LogP contribution in [0, 0.1) is 0 Å². The van der Waals surface area contributed by atoms with Gasteiger partial charge in [0, 0.05) is 33.3 Å². The van der Waals surface area contributed by atoms with Crippen LogP contribution in [0.25, 0.3) is 0 Å². The van der Waals surface area contributed by atoms with Gasteiger partial charge in [0.05, 0.1) is 0 Å². The molecule has 1 aromatic rings. The van der Waals surface area contributed by atoms with Gasteiger partial charge in [-0.25, -0.2) is 9.82 Å². The molecule has 0 aliphatic rings. The van der Waals surface area contributed by atoms with Crippen molar-refractivity contribution in [2.45, 2.75) is 0 Å². The molecule has 9 nitrogen and oxygen atoms in total. The predicted molar refractivity (Wildman–Crippen MR) is 67.8 cm³/mol. The number of nitrogens with zero attached hydrogens (tertiary/aromatic N) is 2. The maximum Gasteiger partial charge on any atom is 0.278 e. The van der Waals surface area contributed by atoms with E-state index in [9.17, 15) is 18.0 Å². The van der Waals surface area contributed by atoms with Gasteiger partial charge in [0.25, 0.3) is 21.7 Å². The summed E-state index contributed by atoms with van der Waals surface area (Å²) in [6, 6.07) is 2.45. The molecule has 1 amide bonds. The second-order valence-electron chi connectivity index (χ2n) is 3.74. The van der Waals surface area contributed by atoms with Gasteiger partial charge in [0.1, 0.15) is 5.69 Å². The number of H-pyrrole nitrogens is 1. The average Bonchev–Trinajstić information content (AvgIpc) is 2.35. The number of carbonyl (C=O) groups is 1. The van der Waals surface area contributed by atoms with E-state index in [1.807, 2.05) is 0 Å². The van der Waals surface area contributed by atoms with Crippen molar-refractivity contribution in [3.63, 3.8) is 0 Å². The molecule has 1 rings (SSSR count). The summed E-state index contributed by atoms with van der Waals surface area (Å²) < 4.78 is 26.0. The number of amides is 1. The van der Waals surface area contributed by atoms with Crippen molar-refractivity contribution >= 4 is 16.1 Å². The van der Waals surface area contributed by atoms with Crippen LogP contribution >= 0.6 is 0 Å². The molecule has 0 fully saturated rings. The molecule has 0 aliphatic heterocycles. The summed E-state index contributed by atoms with van der Waals surface area (Å²) in [7, 11) is -0.709. The first-order valence-corrected chi connectivity index (χ1v) is 6.78. The van der Waals surface area contributed by atoms with Crippen LogP contribution in [-0.2, 0) is 10.2 Å². The van der Waals surface area contributed by atoms with Crippen LogP contribution in [0.3, 0.4) is 0 Å². The Labute approximate surface area is 110 Å². The number of rotatable bonds is 6. The largest absolute Gasteiger partial charge is 0.349 e. The molecule has 0 unspecified atom stereocenters. The number of hydrogen-bond acceptors (Lipinski definition) is 5. The van der Waals surface area contributed by atoms with Crippen LogP contribution in [0.2, 0.25) is 0 Å². The third-order valence-corrected chi connectivity index (χ3v) is 3.62. The summed E-state index contributed by atoms with van der Waals surface area (Å²) in [5, 5.41) is 8.12. The first kappa shape index (κ1) is 15.3. The maximum atomic E-state index is 11.5. The van der Waals surface area contributed by atoms with Crippen LogP contribution < -0.4 is 15.6 Å². The lowest BCUT2D eigenvalue weighted by Crippen LogP contribution is -2.40. The van der Waals surface area contributed by atoms with Crippen LogP contribution in [0.1, 0.15) is 10.5 Å². The summed E-state index contributed by atoms with van der Waals surface area (Å²) in [4.78, 5) is 22.3. The second kappa shape index (κ2) is 6.41. The number of carbonyl (C=O) groups excluding carboxylic acids is 1. The zero-order valence-electron chi connectivity index (χ0n) is 10.5. The lowest BCUT2D eigenvalue weighted by Gasteiger charge is -2.12. The number of aromatic nitrogens is 2. The highest BCUT2D eigenvalue weighted by molar-refractivity contribution is 7.87. The zero-order chi connectivity index (χ0) is 14.5. The molecule has 0 spiro atoms. The van der Waals surface area contributed by atoms with Gasteiger partial charge in [-0.15, -0.1) is 0 Å². The van der Waals surface area contributed by atoms with Crippen molar-refractivity contribution in [3.05, 3.63) is 28.2 Å². The average molecular weight is 289 g/mol. The lowest BCUT2D eigenvalue weighted by molar-refractivity contribution is 0.0948. The van der Waals surface area contributed by atoms with E-state index in [0.29, 0.717) is 0 Å². The van der Waals surface area contributed by atoms with Crippen molar-refractivity contribution in [3.8, 4) is 0 Å². The Morgan fingerprint density at radius 2 is 2.05 bits per heavy atom. The Morgan fingerprint density at radius 1 is 1.37 bits per heavy atom. The molecule has 106 valence electrons. The molecule has 1 heterocycles. The smallest absolute Gasteiger partial charge is 0.278 e. The highest BCUT2D eigenvalue weighted by atomic mass is 32.2. The van der Waals surface area contributed by atoms with Crippen LogP contribution in [0.4, 0.5) is 0 Å². The van der Waals surface area contributed by atoms with Crippen molar-refractivity contribution in [1.29, 1.82) is 0 Å². The van der Waals surface area contributed by atoms with Gasteiger partial charge in [-0.1, -0.05) is 0 Å². The molecule has 0 aromatic carbocycles. The molecule has 0 saturated carbocycles. The molecular weight excluding hydrogens is 274 g/mol. The van der Waals surface area contributed by atoms with Gasteiger partial charge >= 0.3 is 0 Å². The number of nitrogens with one attached hydrogen (secondary N) is 3. The second-order valence-corrected chi connectivity index (χ2v) is 5.71. The van der Waals surface area contributed by atoms with Gasteiger partial charge in [0.2, 0.25) is 0 Å². The monoisotopic (exact) mass is 289 g/mol. The number of aromatic amines is 1. The summed E-state index contributed by atoms with van der Waals surface area (Å²) in [6.07, 6.45) is 0. The molecule has 0 atom stereocenters. The summed E-state index contributed by atoms with van der Waals surface area (Å²) >= 11 is 0. The zero-order valence-corrected chi connectivity index (χ0v) is 11.3. The fraction of sp³-hybridized carbons (Fsp3) is 0.444. The van der Waals surface area contributed by atoms with Crippen molar-refractivity contribution < 1.29 is 13.2 Å².